The van der Waals surface area contributed by atoms with Gasteiger partial charge in [-0.2, -0.15) is 0 Å². The van der Waals surface area contributed by atoms with Gasteiger partial charge in [-0.15, -0.1) is 0 Å². The van der Waals surface area contributed by atoms with E-state index < -0.39 is 5.97 Å². The smallest absolute Gasteiger partial charge is 0.337 e. The Morgan fingerprint density at radius 2 is 1.96 bits per heavy atom. The summed E-state index contributed by atoms with van der Waals surface area (Å²) >= 11 is 0. The van der Waals surface area contributed by atoms with E-state index in [1.54, 1.807) is 26.2 Å². The van der Waals surface area contributed by atoms with E-state index in [1.165, 1.54) is 12.1 Å². The van der Waals surface area contributed by atoms with Gasteiger partial charge >= 0.3 is 5.97 Å². The molecular formula is C18H20N2O5. The Labute approximate surface area is 145 Å². The summed E-state index contributed by atoms with van der Waals surface area (Å²) in [4.78, 5) is 27.2. The van der Waals surface area contributed by atoms with E-state index in [0.717, 1.165) is 5.56 Å². The maximum Gasteiger partial charge on any atom is 0.337 e. The van der Waals surface area contributed by atoms with Crippen molar-refractivity contribution >= 4 is 11.9 Å². The summed E-state index contributed by atoms with van der Waals surface area (Å²) in [7, 11) is 1.56. The third kappa shape index (κ3) is 4.47. The lowest BCUT2D eigenvalue weighted by Gasteiger charge is -2.12. The van der Waals surface area contributed by atoms with Gasteiger partial charge in [-0.3, -0.25) is 4.79 Å². The van der Waals surface area contributed by atoms with Crippen LogP contribution in [0.1, 0.15) is 39.0 Å². The maximum absolute atomic E-state index is 12.2. The third-order valence-electron chi connectivity index (χ3n) is 3.53. The molecule has 0 saturated carbocycles. The minimum atomic E-state index is -1.07. The Bertz CT molecular complexity index is 789. The highest BCUT2D eigenvalue weighted by Gasteiger charge is 2.13. The van der Waals surface area contributed by atoms with E-state index in [-0.39, 0.29) is 23.7 Å². The van der Waals surface area contributed by atoms with Gasteiger partial charge in [0.05, 0.1) is 25.0 Å². The zero-order valence-corrected chi connectivity index (χ0v) is 14.3. The van der Waals surface area contributed by atoms with Crippen LogP contribution in [0.4, 0.5) is 0 Å². The molecule has 0 radical (unpaired) electrons. The molecule has 2 aromatic rings. The van der Waals surface area contributed by atoms with Gasteiger partial charge in [-0.25, -0.2) is 9.78 Å². The lowest BCUT2D eigenvalue weighted by molar-refractivity contribution is 0.0694. The van der Waals surface area contributed by atoms with Crippen LogP contribution in [-0.4, -0.2) is 35.7 Å². The lowest BCUT2D eigenvalue weighted by atomic mass is 10.1. The molecule has 0 aliphatic rings. The van der Waals surface area contributed by atoms with Crippen LogP contribution in [0.5, 0.6) is 11.5 Å². The molecule has 1 amide bonds. The number of carboxylic acids is 1. The first-order valence-corrected chi connectivity index (χ1v) is 7.75. The van der Waals surface area contributed by atoms with Crippen LogP contribution in [0.15, 0.2) is 30.3 Å². The second kappa shape index (κ2) is 8.14. The highest BCUT2D eigenvalue weighted by molar-refractivity contribution is 5.94. The summed E-state index contributed by atoms with van der Waals surface area (Å²) in [6.45, 7) is 4.22. The standard InChI is InChI=1S/C18H20N2O5/c1-4-25-16-9-12(5-8-15(16)24-3)10-19-17(21)14-7-6-13(18(22)23)11(2)20-14/h5-9H,4,10H2,1-3H3,(H,19,21)(H,22,23). The highest BCUT2D eigenvalue weighted by atomic mass is 16.5. The van der Waals surface area contributed by atoms with Gasteiger partial charge in [0.25, 0.3) is 5.91 Å². The second-order valence-corrected chi connectivity index (χ2v) is 5.24. The van der Waals surface area contributed by atoms with Gasteiger partial charge in [0.1, 0.15) is 5.69 Å². The lowest BCUT2D eigenvalue weighted by Crippen LogP contribution is -2.24. The molecule has 0 fully saturated rings. The number of nitrogens with one attached hydrogen (secondary N) is 1. The maximum atomic E-state index is 12.2. The van der Waals surface area contributed by atoms with Crippen LogP contribution in [0.2, 0.25) is 0 Å². The number of hydrogen-bond donors (Lipinski definition) is 2. The summed E-state index contributed by atoms with van der Waals surface area (Å²) in [6.07, 6.45) is 0. The third-order valence-corrected chi connectivity index (χ3v) is 3.53. The van der Waals surface area contributed by atoms with Crippen LogP contribution in [-0.2, 0) is 6.54 Å². The van der Waals surface area contributed by atoms with E-state index in [9.17, 15) is 9.59 Å². The fourth-order valence-corrected chi connectivity index (χ4v) is 2.29. The summed E-state index contributed by atoms with van der Waals surface area (Å²) in [6, 6.07) is 8.17. The second-order valence-electron chi connectivity index (χ2n) is 5.24. The van der Waals surface area contributed by atoms with Crippen molar-refractivity contribution in [1.82, 2.24) is 10.3 Å². The number of nitrogens with zero attached hydrogens (tertiary/aromatic N) is 1. The molecule has 2 rings (SSSR count). The average molecular weight is 344 g/mol. The van der Waals surface area contributed by atoms with Crippen LogP contribution in [0.25, 0.3) is 0 Å². The van der Waals surface area contributed by atoms with Crippen molar-refractivity contribution in [3.63, 3.8) is 0 Å². The predicted molar refractivity (Wildman–Crippen MR) is 91.3 cm³/mol. The number of benzene rings is 1. The molecule has 1 aromatic carbocycles. The van der Waals surface area contributed by atoms with Gasteiger partial charge in [0, 0.05) is 6.54 Å². The number of aromatic carboxylic acids is 1. The summed E-state index contributed by atoms with van der Waals surface area (Å²) in [5, 5.41) is 11.7. The minimum Gasteiger partial charge on any atom is -0.493 e. The number of carboxylic acid groups (broad SMARTS) is 1. The Balaban J connectivity index is 2.08. The largest absolute Gasteiger partial charge is 0.493 e. The number of aryl methyl sites for hydroxylation is 1. The first-order chi connectivity index (χ1) is 12.0. The molecule has 0 spiro atoms. The predicted octanol–water partition coefficient (Wildman–Crippen LogP) is 2.43. The molecule has 1 heterocycles. The van der Waals surface area contributed by atoms with Gasteiger partial charge in [-0.05, 0) is 43.7 Å². The highest BCUT2D eigenvalue weighted by Crippen LogP contribution is 2.28. The fourth-order valence-electron chi connectivity index (χ4n) is 2.29. The number of carbonyl (C=O) groups is 2. The van der Waals surface area contributed by atoms with Crippen molar-refractivity contribution in [1.29, 1.82) is 0 Å². The molecule has 0 aliphatic carbocycles. The first kappa shape index (κ1) is 18.3. The molecule has 0 bridgehead atoms. The van der Waals surface area contributed by atoms with Gasteiger partial charge in [0.2, 0.25) is 0 Å². The van der Waals surface area contributed by atoms with Gasteiger partial charge in [0.15, 0.2) is 11.5 Å². The number of aromatic nitrogens is 1. The SMILES string of the molecule is CCOc1cc(CNC(=O)c2ccc(C(=O)O)c(C)n2)ccc1OC. The normalized spacial score (nSPS) is 10.2. The molecule has 0 atom stereocenters. The molecule has 25 heavy (non-hydrogen) atoms. The number of pyridine rings is 1. The number of methoxy groups -OCH3 is 1. The van der Waals surface area contributed by atoms with Crippen molar-refractivity contribution in [2.75, 3.05) is 13.7 Å². The zero-order chi connectivity index (χ0) is 18.4. The van der Waals surface area contributed by atoms with E-state index >= 15 is 0 Å². The van der Waals surface area contributed by atoms with E-state index in [0.29, 0.717) is 23.8 Å². The quantitative estimate of drug-likeness (QED) is 0.800. The van der Waals surface area contributed by atoms with E-state index in [1.807, 2.05) is 13.0 Å². The van der Waals surface area contributed by atoms with Crippen LogP contribution in [0, 0.1) is 6.92 Å². The number of amides is 1. The van der Waals surface area contributed by atoms with Crippen LogP contribution < -0.4 is 14.8 Å². The minimum absolute atomic E-state index is 0.0769. The number of ether oxygens (including phenoxy) is 2. The molecule has 7 heteroatoms. The molecule has 132 valence electrons. The van der Waals surface area contributed by atoms with Crippen molar-refractivity contribution < 1.29 is 24.2 Å². The Hall–Kier alpha value is -3.09. The van der Waals surface area contributed by atoms with Crippen molar-refractivity contribution in [3.05, 3.63) is 52.8 Å². The molecule has 0 aliphatic heterocycles. The topological polar surface area (TPSA) is 97.8 Å². The van der Waals surface area contributed by atoms with Crippen molar-refractivity contribution in [2.45, 2.75) is 20.4 Å². The molecule has 7 nitrogen and oxygen atoms in total. The van der Waals surface area contributed by atoms with Gasteiger partial charge < -0.3 is 19.9 Å². The van der Waals surface area contributed by atoms with Crippen molar-refractivity contribution in [3.8, 4) is 11.5 Å². The number of carbonyl (C=O) groups excluding carboxylic acids is 1. The zero-order valence-electron chi connectivity index (χ0n) is 14.3. The van der Waals surface area contributed by atoms with Crippen molar-refractivity contribution in [2.24, 2.45) is 0 Å². The van der Waals surface area contributed by atoms with Crippen LogP contribution >= 0.6 is 0 Å². The van der Waals surface area contributed by atoms with Gasteiger partial charge in [-0.1, -0.05) is 6.07 Å². The summed E-state index contributed by atoms with van der Waals surface area (Å²) < 4.78 is 10.7. The van der Waals surface area contributed by atoms with Crippen LogP contribution in [0.3, 0.4) is 0 Å². The number of hydrogen-bond acceptors (Lipinski definition) is 5. The monoisotopic (exact) mass is 344 g/mol. The molecule has 0 saturated heterocycles. The summed E-state index contributed by atoms with van der Waals surface area (Å²) in [5.74, 6) is -0.220. The average Bonchev–Trinajstić information content (AvgIpc) is 2.59. The van der Waals surface area contributed by atoms with E-state index in [2.05, 4.69) is 10.3 Å². The number of rotatable bonds is 7. The molecule has 1 aromatic heterocycles. The Morgan fingerprint density at radius 3 is 2.56 bits per heavy atom. The summed E-state index contributed by atoms with van der Waals surface area (Å²) in [5.41, 5.74) is 1.38. The first-order valence-electron chi connectivity index (χ1n) is 7.75. The Kier molecular flexibility index (Phi) is 5.94. The molecule has 2 N–H and O–H groups in total. The fraction of sp³-hybridized carbons (Fsp3) is 0.278. The van der Waals surface area contributed by atoms with E-state index in [4.69, 9.17) is 14.6 Å². The molecule has 0 unspecified atom stereocenters. The Morgan fingerprint density at radius 1 is 1.20 bits per heavy atom. The molecular weight excluding hydrogens is 324 g/mol.